The molecule has 0 fully saturated rings. The van der Waals surface area contributed by atoms with Crippen LogP contribution in [0.15, 0.2) is 59.0 Å². The molecule has 0 aliphatic carbocycles. The first-order valence-electron chi connectivity index (χ1n) is 7.17. The Morgan fingerprint density at radius 3 is 2.38 bits per heavy atom. The Labute approximate surface area is 125 Å². The molecule has 2 aromatic carbocycles. The highest BCUT2D eigenvalue weighted by molar-refractivity contribution is 5.85. The molecule has 0 radical (unpaired) electrons. The van der Waals surface area contributed by atoms with E-state index in [1.54, 1.807) is 0 Å². The molecule has 0 aliphatic heterocycles. The first-order valence-corrected chi connectivity index (χ1v) is 7.17. The van der Waals surface area contributed by atoms with E-state index in [1.807, 2.05) is 31.2 Å². The standard InChI is InChI=1S/C19H19NO/c1-4-16(20-19-13(2)8-7-9-14(19)3)18-12-15-10-5-6-11-17(15)21-18/h4-12,20H,1-3H3/b16-4+. The number of aryl methyl sites for hydroxylation is 2. The van der Waals surface area contributed by atoms with E-state index < -0.39 is 0 Å². The highest BCUT2D eigenvalue weighted by atomic mass is 16.3. The van der Waals surface area contributed by atoms with Crippen LogP contribution in [0.4, 0.5) is 5.69 Å². The summed E-state index contributed by atoms with van der Waals surface area (Å²) in [5.41, 5.74) is 5.50. The molecule has 3 rings (SSSR count). The predicted molar refractivity (Wildman–Crippen MR) is 89.4 cm³/mol. The smallest absolute Gasteiger partial charge is 0.151 e. The van der Waals surface area contributed by atoms with Gasteiger partial charge in [0.1, 0.15) is 5.58 Å². The molecule has 0 amide bonds. The molecule has 0 aliphatic rings. The summed E-state index contributed by atoms with van der Waals surface area (Å²) in [6, 6.07) is 16.4. The monoisotopic (exact) mass is 277 g/mol. The average molecular weight is 277 g/mol. The van der Waals surface area contributed by atoms with Crippen molar-refractivity contribution in [1.82, 2.24) is 0 Å². The van der Waals surface area contributed by atoms with Crippen LogP contribution in [0.25, 0.3) is 16.7 Å². The minimum Gasteiger partial charge on any atom is -0.455 e. The van der Waals surface area contributed by atoms with Crippen molar-refractivity contribution in [3.8, 4) is 0 Å². The third-order valence-electron chi connectivity index (χ3n) is 3.72. The molecule has 0 unspecified atom stereocenters. The van der Waals surface area contributed by atoms with Crippen molar-refractivity contribution in [2.24, 2.45) is 0 Å². The average Bonchev–Trinajstić information content (AvgIpc) is 2.90. The predicted octanol–water partition coefficient (Wildman–Crippen LogP) is 5.52. The second kappa shape index (κ2) is 5.49. The Kier molecular flexibility index (Phi) is 3.53. The van der Waals surface area contributed by atoms with Crippen molar-refractivity contribution < 1.29 is 4.42 Å². The highest BCUT2D eigenvalue weighted by Gasteiger charge is 2.10. The van der Waals surface area contributed by atoms with Crippen molar-refractivity contribution in [2.45, 2.75) is 20.8 Å². The lowest BCUT2D eigenvalue weighted by Crippen LogP contribution is -2.01. The van der Waals surface area contributed by atoms with Crippen LogP contribution in [0.3, 0.4) is 0 Å². The van der Waals surface area contributed by atoms with E-state index >= 15 is 0 Å². The third-order valence-corrected chi connectivity index (χ3v) is 3.72. The summed E-state index contributed by atoms with van der Waals surface area (Å²) in [6.45, 7) is 6.24. The van der Waals surface area contributed by atoms with Gasteiger partial charge in [0.15, 0.2) is 5.76 Å². The number of furan rings is 1. The maximum atomic E-state index is 5.94. The number of allylic oxidation sites excluding steroid dienone is 1. The van der Waals surface area contributed by atoms with Crippen LogP contribution in [-0.2, 0) is 0 Å². The van der Waals surface area contributed by atoms with Gasteiger partial charge < -0.3 is 9.73 Å². The zero-order valence-electron chi connectivity index (χ0n) is 12.6. The summed E-state index contributed by atoms with van der Waals surface area (Å²) in [7, 11) is 0. The van der Waals surface area contributed by atoms with E-state index in [-0.39, 0.29) is 0 Å². The van der Waals surface area contributed by atoms with Gasteiger partial charge in [0.25, 0.3) is 0 Å². The molecule has 0 spiro atoms. The molecule has 106 valence electrons. The second-order valence-corrected chi connectivity index (χ2v) is 5.24. The van der Waals surface area contributed by atoms with Crippen LogP contribution in [0.2, 0.25) is 0 Å². The summed E-state index contributed by atoms with van der Waals surface area (Å²) in [5, 5.41) is 4.63. The number of benzene rings is 2. The maximum absolute atomic E-state index is 5.94. The van der Waals surface area contributed by atoms with Crippen LogP contribution in [0.1, 0.15) is 23.8 Å². The van der Waals surface area contributed by atoms with Crippen LogP contribution in [0.5, 0.6) is 0 Å². The van der Waals surface area contributed by atoms with Crippen molar-refractivity contribution in [3.63, 3.8) is 0 Å². The van der Waals surface area contributed by atoms with E-state index in [0.717, 1.165) is 28.1 Å². The van der Waals surface area contributed by atoms with Gasteiger partial charge in [-0.1, -0.05) is 42.5 Å². The van der Waals surface area contributed by atoms with Gasteiger partial charge in [0, 0.05) is 11.1 Å². The molecule has 0 saturated heterocycles. The Morgan fingerprint density at radius 2 is 1.71 bits per heavy atom. The van der Waals surface area contributed by atoms with Crippen molar-refractivity contribution in [3.05, 3.63) is 71.5 Å². The largest absolute Gasteiger partial charge is 0.455 e. The molecule has 21 heavy (non-hydrogen) atoms. The quantitative estimate of drug-likeness (QED) is 0.681. The van der Waals surface area contributed by atoms with Crippen LogP contribution >= 0.6 is 0 Å². The van der Waals surface area contributed by atoms with Crippen LogP contribution in [0, 0.1) is 13.8 Å². The van der Waals surface area contributed by atoms with E-state index in [4.69, 9.17) is 4.42 Å². The van der Waals surface area contributed by atoms with Gasteiger partial charge >= 0.3 is 0 Å². The lowest BCUT2D eigenvalue weighted by atomic mass is 10.1. The molecule has 0 saturated carbocycles. The Hall–Kier alpha value is -2.48. The molecule has 3 aromatic rings. The fourth-order valence-corrected chi connectivity index (χ4v) is 2.54. The number of rotatable bonds is 3. The Bertz CT molecular complexity index is 758. The van der Waals surface area contributed by atoms with Gasteiger partial charge in [-0.25, -0.2) is 0 Å². The number of nitrogens with one attached hydrogen (secondary N) is 1. The third kappa shape index (κ3) is 2.57. The van der Waals surface area contributed by atoms with E-state index in [9.17, 15) is 0 Å². The van der Waals surface area contributed by atoms with E-state index in [1.165, 1.54) is 11.1 Å². The number of hydrogen-bond donors (Lipinski definition) is 1. The molecule has 0 atom stereocenters. The molecule has 2 heteroatoms. The molecule has 2 nitrogen and oxygen atoms in total. The maximum Gasteiger partial charge on any atom is 0.151 e. The lowest BCUT2D eigenvalue weighted by Gasteiger charge is -2.13. The molecule has 0 bridgehead atoms. The van der Waals surface area contributed by atoms with Crippen LogP contribution in [-0.4, -0.2) is 0 Å². The summed E-state index contributed by atoms with van der Waals surface area (Å²) in [5.74, 6) is 0.862. The number of hydrogen-bond acceptors (Lipinski definition) is 2. The van der Waals surface area contributed by atoms with Crippen LogP contribution < -0.4 is 5.32 Å². The topological polar surface area (TPSA) is 25.2 Å². The van der Waals surface area contributed by atoms with Gasteiger partial charge in [-0.15, -0.1) is 0 Å². The molecule has 1 aromatic heterocycles. The summed E-state index contributed by atoms with van der Waals surface area (Å²) >= 11 is 0. The fraction of sp³-hybridized carbons (Fsp3) is 0.158. The second-order valence-electron chi connectivity index (χ2n) is 5.24. The summed E-state index contributed by atoms with van der Waals surface area (Å²) in [4.78, 5) is 0. The summed E-state index contributed by atoms with van der Waals surface area (Å²) < 4.78 is 5.94. The number of para-hydroxylation sites is 2. The van der Waals surface area contributed by atoms with E-state index in [0.29, 0.717) is 0 Å². The first kappa shape index (κ1) is 13.5. The normalized spacial score (nSPS) is 11.9. The number of anilines is 1. The van der Waals surface area contributed by atoms with Gasteiger partial charge in [-0.2, -0.15) is 0 Å². The Morgan fingerprint density at radius 1 is 1.00 bits per heavy atom. The molecular formula is C19H19NO. The van der Waals surface area contributed by atoms with Gasteiger partial charge in [-0.3, -0.25) is 0 Å². The zero-order chi connectivity index (χ0) is 14.8. The van der Waals surface area contributed by atoms with Crippen molar-refractivity contribution >= 4 is 22.4 Å². The highest BCUT2D eigenvalue weighted by Crippen LogP contribution is 2.28. The van der Waals surface area contributed by atoms with E-state index in [2.05, 4.69) is 49.5 Å². The first-order chi connectivity index (χ1) is 10.2. The van der Waals surface area contributed by atoms with Gasteiger partial charge in [-0.05, 0) is 44.0 Å². The summed E-state index contributed by atoms with van der Waals surface area (Å²) in [6.07, 6.45) is 2.05. The fourth-order valence-electron chi connectivity index (χ4n) is 2.54. The van der Waals surface area contributed by atoms with Gasteiger partial charge in [0.2, 0.25) is 0 Å². The number of fused-ring (bicyclic) bond motifs is 1. The minimum absolute atomic E-state index is 0.862. The Balaban J connectivity index is 1.99. The molecular weight excluding hydrogens is 258 g/mol. The molecule has 1 heterocycles. The lowest BCUT2D eigenvalue weighted by molar-refractivity contribution is 0.599. The van der Waals surface area contributed by atoms with Gasteiger partial charge in [0.05, 0.1) is 5.70 Å². The molecule has 1 N–H and O–H groups in total. The van der Waals surface area contributed by atoms with Crippen molar-refractivity contribution in [2.75, 3.05) is 5.32 Å². The SMILES string of the molecule is C/C=C(/Nc1c(C)cccc1C)c1cc2ccccc2o1. The minimum atomic E-state index is 0.862. The zero-order valence-corrected chi connectivity index (χ0v) is 12.6. The van der Waals surface area contributed by atoms with Crippen molar-refractivity contribution in [1.29, 1.82) is 0 Å².